The Morgan fingerprint density at radius 1 is 1.16 bits per heavy atom. The molecule has 2 aromatic carbocycles. The quantitative estimate of drug-likeness (QED) is 0.905. The first-order chi connectivity index (χ1) is 11.8. The van der Waals surface area contributed by atoms with Crippen molar-refractivity contribution in [3.05, 3.63) is 58.4 Å². The van der Waals surface area contributed by atoms with Crippen LogP contribution in [0, 0.1) is 5.82 Å². The fourth-order valence-electron chi connectivity index (χ4n) is 2.71. The van der Waals surface area contributed by atoms with Gasteiger partial charge in [0.15, 0.2) is 0 Å². The van der Waals surface area contributed by atoms with Crippen molar-refractivity contribution in [2.24, 2.45) is 0 Å². The first-order valence-electron chi connectivity index (χ1n) is 7.40. The van der Waals surface area contributed by atoms with E-state index in [0.717, 1.165) is 0 Å². The summed E-state index contributed by atoms with van der Waals surface area (Å²) in [6.45, 7) is -0.113. The van der Waals surface area contributed by atoms with E-state index >= 15 is 0 Å². The third kappa shape index (κ3) is 2.87. The molecular formula is C17H15ClFN3O3. The van der Waals surface area contributed by atoms with Gasteiger partial charge in [-0.2, -0.15) is 0 Å². The number of nitrogens with zero attached hydrogens (tertiary/aromatic N) is 3. The van der Waals surface area contributed by atoms with E-state index in [1.807, 2.05) is 0 Å². The van der Waals surface area contributed by atoms with Crippen molar-refractivity contribution >= 4 is 35.0 Å². The van der Waals surface area contributed by atoms with Crippen molar-refractivity contribution in [2.45, 2.75) is 6.54 Å². The summed E-state index contributed by atoms with van der Waals surface area (Å²) in [6, 6.07) is 8.33. The molecule has 0 saturated heterocycles. The van der Waals surface area contributed by atoms with E-state index < -0.39 is 17.8 Å². The van der Waals surface area contributed by atoms with Crippen LogP contribution in [0.25, 0.3) is 0 Å². The van der Waals surface area contributed by atoms with Crippen LogP contribution in [0.4, 0.5) is 20.6 Å². The molecule has 0 saturated carbocycles. The fourth-order valence-corrected chi connectivity index (χ4v) is 2.93. The maximum absolute atomic E-state index is 14.1. The highest BCUT2D eigenvalue weighted by atomic mass is 35.5. The summed E-state index contributed by atoms with van der Waals surface area (Å²) in [7, 11) is 3.26. The highest BCUT2D eigenvalue weighted by Crippen LogP contribution is 2.37. The number of carboxylic acids is 1. The Balaban J connectivity index is 2.12. The molecule has 0 bridgehead atoms. The number of rotatable bonds is 3. The van der Waals surface area contributed by atoms with Crippen LogP contribution in [0.3, 0.4) is 0 Å². The standard InChI is InChI=1S/C17H15ClFN3O3/c1-20-14-7-6-10(16(23)24)8-15(14)22(17(25)21(20)2)9-11-12(18)4-3-5-13(11)19/h3-8H,9H2,1-2H3,(H,23,24). The maximum atomic E-state index is 14.1. The Kier molecular flexibility index (Phi) is 4.26. The van der Waals surface area contributed by atoms with Crippen molar-refractivity contribution in [3.8, 4) is 0 Å². The van der Waals surface area contributed by atoms with E-state index in [1.165, 1.54) is 34.2 Å². The van der Waals surface area contributed by atoms with Gasteiger partial charge in [0.25, 0.3) is 0 Å². The number of hydrazine groups is 1. The van der Waals surface area contributed by atoms with Crippen molar-refractivity contribution in [3.63, 3.8) is 0 Å². The van der Waals surface area contributed by atoms with Gasteiger partial charge in [-0.15, -0.1) is 0 Å². The third-order valence-corrected chi connectivity index (χ3v) is 4.55. The summed E-state index contributed by atoms with van der Waals surface area (Å²) in [4.78, 5) is 25.3. The van der Waals surface area contributed by atoms with Gasteiger partial charge in [-0.1, -0.05) is 17.7 Å². The number of carboxylic acid groups (broad SMARTS) is 1. The second kappa shape index (κ2) is 6.25. The average Bonchev–Trinajstić information content (AvgIpc) is 2.58. The minimum Gasteiger partial charge on any atom is -0.478 e. The molecule has 0 atom stereocenters. The van der Waals surface area contributed by atoms with E-state index in [0.29, 0.717) is 11.4 Å². The van der Waals surface area contributed by atoms with Crippen molar-refractivity contribution in [1.29, 1.82) is 0 Å². The molecule has 0 aliphatic carbocycles. The lowest BCUT2D eigenvalue weighted by Crippen LogP contribution is -2.53. The molecule has 1 heterocycles. The number of hydrogen-bond acceptors (Lipinski definition) is 3. The van der Waals surface area contributed by atoms with Gasteiger partial charge in [-0.3, -0.25) is 9.91 Å². The van der Waals surface area contributed by atoms with Gasteiger partial charge < -0.3 is 5.11 Å². The number of carbonyl (C=O) groups is 2. The van der Waals surface area contributed by atoms with Gasteiger partial charge >= 0.3 is 12.0 Å². The summed E-state index contributed by atoms with van der Waals surface area (Å²) in [5, 5.41) is 12.4. The van der Waals surface area contributed by atoms with Crippen LogP contribution < -0.4 is 9.91 Å². The lowest BCUT2D eigenvalue weighted by molar-refractivity contribution is 0.0696. The number of amides is 2. The number of hydrogen-bond donors (Lipinski definition) is 1. The Morgan fingerprint density at radius 2 is 1.88 bits per heavy atom. The Hall–Kier alpha value is -2.80. The van der Waals surface area contributed by atoms with E-state index in [9.17, 15) is 19.1 Å². The molecule has 2 aromatic rings. The second-order valence-corrected chi connectivity index (χ2v) is 6.03. The summed E-state index contributed by atoms with van der Waals surface area (Å²) in [5.41, 5.74) is 1.21. The Bertz CT molecular complexity index is 854. The minimum absolute atomic E-state index is 0.0362. The first-order valence-corrected chi connectivity index (χ1v) is 7.78. The molecule has 0 spiro atoms. The van der Waals surface area contributed by atoms with E-state index in [1.54, 1.807) is 31.2 Å². The summed E-state index contributed by atoms with van der Waals surface area (Å²) in [6.07, 6.45) is 0. The normalized spacial score (nSPS) is 13.9. The number of aromatic carboxylic acids is 1. The van der Waals surface area contributed by atoms with Crippen LogP contribution in [0.2, 0.25) is 5.02 Å². The second-order valence-electron chi connectivity index (χ2n) is 5.62. The van der Waals surface area contributed by atoms with Crippen LogP contribution in [0.1, 0.15) is 15.9 Å². The smallest absolute Gasteiger partial charge is 0.343 e. The van der Waals surface area contributed by atoms with Gasteiger partial charge in [-0.25, -0.2) is 19.0 Å². The molecule has 3 rings (SSSR count). The molecule has 0 radical (unpaired) electrons. The van der Waals surface area contributed by atoms with Crippen molar-refractivity contribution in [2.75, 3.05) is 24.0 Å². The lowest BCUT2D eigenvalue weighted by atomic mass is 10.1. The minimum atomic E-state index is -1.11. The van der Waals surface area contributed by atoms with Crippen LogP contribution in [-0.2, 0) is 6.54 Å². The predicted octanol–water partition coefficient (Wildman–Crippen LogP) is 3.60. The number of fused-ring (bicyclic) bond motifs is 1. The van der Waals surface area contributed by atoms with Crippen LogP contribution in [0.5, 0.6) is 0 Å². The van der Waals surface area contributed by atoms with Gasteiger partial charge in [0.1, 0.15) is 5.82 Å². The number of urea groups is 1. The zero-order chi connectivity index (χ0) is 18.3. The topological polar surface area (TPSA) is 64.1 Å². The summed E-state index contributed by atoms with van der Waals surface area (Å²) in [5.74, 6) is -1.64. The van der Waals surface area contributed by atoms with Crippen LogP contribution >= 0.6 is 11.6 Å². The van der Waals surface area contributed by atoms with E-state index in [2.05, 4.69) is 0 Å². The number of carbonyl (C=O) groups excluding carboxylic acids is 1. The lowest BCUT2D eigenvalue weighted by Gasteiger charge is -2.42. The maximum Gasteiger partial charge on any atom is 0.343 e. The molecule has 0 aromatic heterocycles. The van der Waals surface area contributed by atoms with Crippen LogP contribution in [0.15, 0.2) is 36.4 Å². The molecular weight excluding hydrogens is 349 g/mol. The zero-order valence-electron chi connectivity index (χ0n) is 13.5. The molecule has 0 fully saturated rings. The zero-order valence-corrected chi connectivity index (χ0v) is 14.3. The first kappa shape index (κ1) is 17.0. The van der Waals surface area contributed by atoms with Crippen LogP contribution in [-0.4, -0.2) is 36.2 Å². The van der Waals surface area contributed by atoms with Gasteiger partial charge in [0.2, 0.25) is 0 Å². The molecule has 130 valence electrons. The monoisotopic (exact) mass is 363 g/mol. The number of anilines is 2. The molecule has 1 aliphatic rings. The molecule has 8 heteroatoms. The summed E-state index contributed by atoms with van der Waals surface area (Å²) < 4.78 is 14.1. The largest absolute Gasteiger partial charge is 0.478 e. The molecule has 1 aliphatic heterocycles. The SMILES string of the molecule is CN1C(=O)N(Cc2c(F)cccc2Cl)c2cc(C(=O)O)ccc2N1C. The predicted molar refractivity (Wildman–Crippen MR) is 92.6 cm³/mol. The highest BCUT2D eigenvalue weighted by Gasteiger charge is 2.33. The average molecular weight is 364 g/mol. The third-order valence-electron chi connectivity index (χ3n) is 4.20. The van der Waals surface area contributed by atoms with E-state index in [4.69, 9.17) is 11.6 Å². The fraction of sp³-hybridized carbons (Fsp3) is 0.176. The van der Waals surface area contributed by atoms with Gasteiger partial charge in [-0.05, 0) is 30.3 Å². The molecule has 0 unspecified atom stereocenters. The molecule has 2 amide bonds. The Labute approximate surface area is 148 Å². The Morgan fingerprint density at radius 3 is 2.52 bits per heavy atom. The van der Waals surface area contributed by atoms with Crippen molar-refractivity contribution in [1.82, 2.24) is 5.01 Å². The van der Waals surface area contributed by atoms with E-state index in [-0.39, 0.29) is 22.7 Å². The molecule has 6 nitrogen and oxygen atoms in total. The highest BCUT2D eigenvalue weighted by molar-refractivity contribution is 6.31. The summed E-state index contributed by atoms with van der Waals surface area (Å²) >= 11 is 6.07. The van der Waals surface area contributed by atoms with Gasteiger partial charge in [0, 0.05) is 24.7 Å². The molecule has 25 heavy (non-hydrogen) atoms. The van der Waals surface area contributed by atoms with Crippen molar-refractivity contribution < 1.29 is 19.1 Å². The van der Waals surface area contributed by atoms with Gasteiger partial charge in [0.05, 0.1) is 23.5 Å². The molecule has 1 N–H and O–H groups in total. The number of benzene rings is 2. The number of halogens is 2.